The van der Waals surface area contributed by atoms with Crippen LogP contribution in [0.3, 0.4) is 0 Å². The van der Waals surface area contributed by atoms with E-state index < -0.39 is 0 Å². The van der Waals surface area contributed by atoms with Crippen molar-refractivity contribution in [2.45, 2.75) is 6.04 Å². The second-order valence-electron chi connectivity index (χ2n) is 4.01. The molecule has 2 aromatic rings. The van der Waals surface area contributed by atoms with E-state index in [0.717, 1.165) is 21.3 Å². The standard InChI is InChI=1S/C14H14BrClN2O/c1-19-13-5-3-2-4-10(13)14(18-17)11-8-9(16)6-7-12(11)15/h2-8,14,18H,17H2,1H3. The third kappa shape index (κ3) is 3.09. The van der Waals surface area contributed by atoms with Gasteiger partial charge in [0.1, 0.15) is 5.75 Å². The van der Waals surface area contributed by atoms with Crippen molar-refractivity contribution >= 4 is 27.5 Å². The molecule has 0 fully saturated rings. The largest absolute Gasteiger partial charge is 0.496 e. The Labute approximate surface area is 125 Å². The zero-order chi connectivity index (χ0) is 13.8. The number of hydrogen-bond donors (Lipinski definition) is 2. The minimum Gasteiger partial charge on any atom is -0.496 e. The molecule has 100 valence electrons. The van der Waals surface area contributed by atoms with Gasteiger partial charge in [0, 0.05) is 15.1 Å². The van der Waals surface area contributed by atoms with Gasteiger partial charge in [0.15, 0.2) is 0 Å². The van der Waals surface area contributed by atoms with Crippen molar-refractivity contribution in [1.29, 1.82) is 0 Å². The number of hydrazine groups is 1. The average molecular weight is 342 g/mol. The summed E-state index contributed by atoms with van der Waals surface area (Å²) in [6.45, 7) is 0. The van der Waals surface area contributed by atoms with E-state index in [1.165, 1.54) is 0 Å². The van der Waals surface area contributed by atoms with E-state index in [4.69, 9.17) is 22.2 Å². The summed E-state index contributed by atoms with van der Waals surface area (Å²) >= 11 is 9.58. The van der Waals surface area contributed by atoms with Gasteiger partial charge in [0.25, 0.3) is 0 Å². The minimum absolute atomic E-state index is 0.204. The Hall–Kier alpha value is -1.07. The molecule has 3 nitrogen and oxygen atoms in total. The van der Waals surface area contributed by atoms with Gasteiger partial charge in [-0.15, -0.1) is 0 Å². The van der Waals surface area contributed by atoms with Crippen LogP contribution < -0.4 is 16.0 Å². The number of rotatable bonds is 4. The second kappa shape index (κ2) is 6.39. The van der Waals surface area contributed by atoms with Crippen molar-refractivity contribution < 1.29 is 4.74 Å². The number of methoxy groups -OCH3 is 1. The summed E-state index contributed by atoms with van der Waals surface area (Å²) in [6, 6.07) is 13.1. The van der Waals surface area contributed by atoms with Gasteiger partial charge in [-0.2, -0.15) is 0 Å². The molecule has 0 aliphatic carbocycles. The normalized spacial score (nSPS) is 12.2. The van der Waals surface area contributed by atoms with E-state index in [9.17, 15) is 0 Å². The average Bonchev–Trinajstić information content (AvgIpc) is 2.44. The first-order chi connectivity index (χ1) is 9.17. The van der Waals surface area contributed by atoms with Crippen LogP contribution in [-0.2, 0) is 0 Å². The van der Waals surface area contributed by atoms with Crippen molar-refractivity contribution in [3.05, 3.63) is 63.1 Å². The molecule has 1 atom stereocenters. The van der Waals surface area contributed by atoms with Crippen LogP contribution in [-0.4, -0.2) is 7.11 Å². The summed E-state index contributed by atoms with van der Waals surface area (Å²) in [4.78, 5) is 0. The van der Waals surface area contributed by atoms with Crippen LogP contribution in [0.25, 0.3) is 0 Å². The molecule has 19 heavy (non-hydrogen) atoms. The molecule has 0 saturated heterocycles. The van der Waals surface area contributed by atoms with Gasteiger partial charge in [-0.3, -0.25) is 5.84 Å². The van der Waals surface area contributed by atoms with Crippen LogP contribution in [0.15, 0.2) is 46.9 Å². The second-order valence-corrected chi connectivity index (χ2v) is 5.30. The molecule has 0 aliphatic heterocycles. The molecule has 0 radical (unpaired) electrons. The Bertz CT molecular complexity index is 577. The van der Waals surface area contributed by atoms with Gasteiger partial charge in [-0.05, 0) is 29.8 Å². The molecule has 0 bridgehead atoms. The smallest absolute Gasteiger partial charge is 0.124 e. The maximum absolute atomic E-state index is 6.06. The van der Waals surface area contributed by atoms with E-state index in [-0.39, 0.29) is 6.04 Å². The van der Waals surface area contributed by atoms with E-state index in [1.807, 2.05) is 42.5 Å². The van der Waals surface area contributed by atoms with Gasteiger partial charge >= 0.3 is 0 Å². The number of hydrogen-bond acceptors (Lipinski definition) is 3. The molecular weight excluding hydrogens is 328 g/mol. The number of para-hydroxylation sites is 1. The van der Waals surface area contributed by atoms with Gasteiger partial charge in [0.2, 0.25) is 0 Å². The topological polar surface area (TPSA) is 47.3 Å². The summed E-state index contributed by atoms with van der Waals surface area (Å²) in [5.74, 6) is 6.49. The highest BCUT2D eigenvalue weighted by molar-refractivity contribution is 9.10. The lowest BCUT2D eigenvalue weighted by Gasteiger charge is -2.20. The van der Waals surface area contributed by atoms with Crippen molar-refractivity contribution in [3.8, 4) is 5.75 Å². The maximum Gasteiger partial charge on any atom is 0.124 e. The fraction of sp³-hybridized carbons (Fsp3) is 0.143. The summed E-state index contributed by atoms with van der Waals surface area (Å²) < 4.78 is 6.31. The van der Waals surface area contributed by atoms with Crippen molar-refractivity contribution in [1.82, 2.24) is 5.43 Å². The van der Waals surface area contributed by atoms with Crippen LogP contribution in [0.1, 0.15) is 17.2 Å². The first kappa shape index (κ1) is 14.3. The van der Waals surface area contributed by atoms with Gasteiger partial charge in [0.05, 0.1) is 13.2 Å². The monoisotopic (exact) mass is 340 g/mol. The molecular formula is C14H14BrClN2O. The summed E-state index contributed by atoms with van der Waals surface area (Å²) in [7, 11) is 1.64. The van der Waals surface area contributed by atoms with E-state index in [0.29, 0.717) is 5.02 Å². The lowest BCUT2D eigenvalue weighted by molar-refractivity contribution is 0.404. The molecule has 2 aromatic carbocycles. The van der Waals surface area contributed by atoms with E-state index in [1.54, 1.807) is 7.11 Å². The Morgan fingerprint density at radius 1 is 1.21 bits per heavy atom. The molecule has 5 heteroatoms. The van der Waals surface area contributed by atoms with E-state index >= 15 is 0 Å². The SMILES string of the molecule is COc1ccccc1C(NN)c1cc(Cl)ccc1Br. The Kier molecular flexibility index (Phi) is 4.82. The Morgan fingerprint density at radius 2 is 1.95 bits per heavy atom. The zero-order valence-electron chi connectivity index (χ0n) is 10.4. The molecule has 0 spiro atoms. The molecule has 0 aliphatic rings. The van der Waals surface area contributed by atoms with Crippen molar-refractivity contribution in [2.75, 3.05) is 7.11 Å². The van der Waals surface area contributed by atoms with Gasteiger partial charge in [-0.1, -0.05) is 45.7 Å². The van der Waals surface area contributed by atoms with Gasteiger partial charge < -0.3 is 4.74 Å². The first-order valence-corrected chi connectivity index (χ1v) is 6.88. The Morgan fingerprint density at radius 3 is 2.63 bits per heavy atom. The number of benzene rings is 2. The molecule has 0 amide bonds. The molecule has 0 aromatic heterocycles. The summed E-state index contributed by atoms with van der Waals surface area (Å²) in [6.07, 6.45) is 0. The fourth-order valence-electron chi connectivity index (χ4n) is 1.99. The zero-order valence-corrected chi connectivity index (χ0v) is 12.7. The molecule has 0 heterocycles. The highest BCUT2D eigenvalue weighted by Crippen LogP contribution is 2.34. The maximum atomic E-state index is 6.06. The number of nitrogens with two attached hydrogens (primary N) is 1. The summed E-state index contributed by atoms with van der Waals surface area (Å²) in [5, 5.41) is 0.661. The third-order valence-corrected chi connectivity index (χ3v) is 3.84. The van der Waals surface area contributed by atoms with Crippen molar-refractivity contribution in [2.24, 2.45) is 5.84 Å². The highest BCUT2D eigenvalue weighted by atomic mass is 79.9. The molecule has 1 unspecified atom stereocenters. The lowest BCUT2D eigenvalue weighted by Crippen LogP contribution is -2.29. The van der Waals surface area contributed by atoms with Gasteiger partial charge in [-0.25, -0.2) is 5.43 Å². The fourth-order valence-corrected chi connectivity index (χ4v) is 2.64. The summed E-state index contributed by atoms with van der Waals surface area (Å²) in [5.41, 5.74) is 4.72. The number of nitrogens with one attached hydrogen (secondary N) is 1. The highest BCUT2D eigenvalue weighted by Gasteiger charge is 2.19. The lowest BCUT2D eigenvalue weighted by atomic mass is 9.98. The van der Waals surface area contributed by atoms with Crippen LogP contribution in [0.4, 0.5) is 0 Å². The number of ether oxygens (including phenoxy) is 1. The van der Waals surface area contributed by atoms with Crippen LogP contribution in [0.2, 0.25) is 5.02 Å². The predicted octanol–water partition coefficient (Wildman–Crippen LogP) is 3.66. The predicted molar refractivity (Wildman–Crippen MR) is 81.3 cm³/mol. The number of halogens is 2. The minimum atomic E-state index is -0.204. The van der Waals surface area contributed by atoms with Crippen LogP contribution in [0, 0.1) is 0 Å². The van der Waals surface area contributed by atoms with Crippen molar-refractivity contribution in [3.63, 3.8) is 0 Å². The van der Waals surface area contributed by atoms with Crippen LogP contribution in [0.5, 0.6) is 5.75 Å². The van der Waals surface area contributed by atoms with Crippen LogP contribution >= 0.6 is 27.5 Å². The molecule has 2 rings (SSSR count). The molecule has 0 saturated carbocycles. The Balaban J connectivity index is 2.53. The van der Waals surface area contributed by atoms with E-state index in [2.05, 4.69) is 21.4 Å². The quantitative estimate of drug-likeness (QED) is 0.659. The molecule has 3 N–H and O–H groups in total. The third-order valence-electron chi connectivity index (χ3n) is 2.89. The first-order valence-electron chi connectivity index (χ1n) is 5.71.